The smallest absolute Gasteiger partial charge is 0.187 e. The largest absolute Gasteiger partial charge is 0.507 e. The highest BCUT2D eigenvalue weighted by molar-refractivity contribution is 6.04. The first kappa shape index (κ1) is 24.6. The van der Waals surface area contributed by atoms with Crippen LogP contribution in [-0.4, -0.2) is 28.5 Å². The highest BCUT2D eigenvalue weighted by Gasteiger charge is 2.42. The number of phenols is 1. The van der Waals surface area contributed by atoms with Crippen LogP contribution in [0.3, 0.4) is 0 Å². The van der Waals surface area contributed by atoms with Gasteiger partial charge in [0.05, 0.1) is 5.92 Å². The van der Waals surface area contributed by atoms with Gasteiger partial charge >= 0.3 is 0 Å². The Morgan fingerprint density at radius 3 is 1.70 bits per heavy atom. The molecule has 2 unspecified atom stereocenters. The summed E-state index contributed by atoms with van der Waals surface area (Å²) in [6, 6.07) is 45.1. The van der Waals surface area contributed by atoms with Gasteiger partial charge in [0.15, 0.2) is 5.71 Å². The molecule has 2 atom stereocenters. The lowest BCUT2D eigenvalue weighted by atomic mass is 9.76. The SMILES string of the molecule is Oc1c(-c2ccccc2)cc(C(c2ccccc2)C2Cc3ccccc3C2=[N+]2CCCC2)cc1-c1ccccc1. The molecule has 0 bridgehead atoms. The van der Waals surface area contributed by atoms with E-state index in [-0.39, 0.29) is 5.92 Å². The average Bonchev–Trinajstić information content (AvgIpc) is 3.67. The number of benzene rings is 5. The van der Waals surface area contributed by atoms with E-state index in [1.54, 1.807) is 0 Å². The molecule has 2 aliphatic rings. The fourth-order valence-corrected chi connectivity index (χ4v) is 6.95. The predicted octanol–water partition coefficient (Wildman–Crippen LogP) is 8.33. The van der Waals surface area contributed by atoms with Gasteiger partial charge < -0.3 is 5.11 Å². The Balaban J connectivity index is 1.48. The summed E-state index contributed by atoms with van der Waals surface area (Å²) >= 11 is 0. The van der Waals surface area contributed by atoms with Crippen molar-refractivity contribution in [3.8, 4) is 28.0 Å². The van der Waals surface area contributed by atoms with Crippen molar-refractivity contribution in [2.45, 2.75) is 25.2 Å². The van der Waals surface area contributed by atoms with Crippen LogP contribution < -0.4 is 0 Å². The molecule has 1 fully saturated rings. The lowest BCUT2D eigenvalue weighted by molar-refractivity contribution is -0.507. The summed E-state index contributed by atoms with van der Waals surface area (Å²) in [6.07, 6.45) is 3.53. The maximum atomic E-state index is 11.7. The molecule has 0 amide bonds. The van der Waals surface area contributed by atoms with E-state index in [9.17, 15) is 5.11 Å². The fraction of sp³-hybridized carbons (Fsp3) is 0.184. The van der Waals surface area contributed by atoms with Crippen LogP contribution in [0.1, 0.15) is 41.0 Å². The second-order valence-corrected chi connectivity index (χ2v) is 11.1. The predicted molar refractivity (Wildman–Crippen MR) is 164 cm³/mol. The van der Waals surface area contributed by atoms with Crippen LogP contribution in [0.25, 0.3) is 22.3 Å². The Hall–Kier alpha value is -4.43. The van der Waals surface area contributed by atoms with Crippen molar-refractivity contribution >= 4 is 5.71 Å². The molecule has 0 aromatic heterocycles. The van der Waals surface area contributed by atoms with Crippen molar-refractivity contribution in [3.63, 3.8) is 0 Å². The van der Waals surface area contributed by atoms with E-state index >= 15 is 0 Å². The summed E-state index contributed by atoms with van der Waals surface area (Å²) in [6.45, 7) is 2.25. The molecule has 196 valence electrons. The molecule has 0 radical (unpaired) electrons. The third kappa shape index (κ3) is 4.44. The third-order valence-electron chi connectivity index (χ3n) is 8.75. The maximum absolute atomic E-state index is 11.7. The zero-order valence-corrected chi connectivity index (χ0v) is 22.7. The van der Waals surface area contributed by atoms with Crippen molar-refractivity contribution in [2.75, 3.05) is 13.1 Å². The zero-order valence-electron chi connectivity index (χ0n) is 22.7. The number of phenolic OH excluding ortho intramolecular Hbond substituents is 1. The molecular formula is C38H34NO+. The summed E-state index contributed by atoms with van der Waals surface area (Å²) in [7, 11) is 0. The van der Waals surface area contributed by atoms with Crippen LogP contribution >= 0.6 is 0 Å². The first-order chi connectivity index (χ1) is 19.8. The minimum absolute atomic E-state index is 0.148. The molecule has 7 rings (SSSR count). The molecule has 1 heterocycles. The van der Waals surface area contributed by atoms with E-state index in [2.05, 4.69) is 95.6 Å². The van der Waals surface area contributed by atoms with Crippen molar-refractivity contribution in [1.82, 2.24) is 0 Å². The molecule has 40 heavy (non-hydrogen) atoms. The summed E-state index contributed by atoms with van der Waals surface area (Å²) in [4.78, 5) is 0. The minimum atomic E-state index is 0.148. The normalized spacial score (nSPS) is 17.1. The van der Waals surface area contributed by atoms with Crippen molar-refractivity contribution in [2.24, 2.45) is 5.92 Å². The van der Waals surface area contributed by atoms with Crippen LogP contribution in [0.5, 0.6) is 5.75 Å². The quantitative estimate of drug-likeness (QED) is 0.231. The van der Waals surface area contributed by atoms with Gasteiger partial charge in [-0.2, -0.15) is 0 Å². The molecule has 1 aliphatic heterocycles. The van der Waals surface area contributed by atoms with Crippen LogP contribution in [0.2, 0.25) is 0 Å². The van der Waals surface area contributed by atoms with Gasteiger partial charge in [-0.3, -0.25) is 0 Å². The van der Waals surface area contributed by atoms with Crippen LogP contribution in [-0.2, 0) is 6.42 Å². The van der Waals surface area contributed by atoms with Crippen LogP contribution in [0, 0.1) is 5.92 Å². The number of aromatic hydroxyl groups is 1. The lowest BCUT2D eigenvalue weighted by Crippen LogP contribution is -2.29. The van der Waals surface area contributed by atoms with E-state index in [4.69, 9.17) is 0 Å². The average molecular weight is 521 g/mol. The van der Waals surface area contributed by atoms with E-state index in [0.717, 1.165) is 41.8 Å². The van der Waals surface area contributed by atoms with E-state index in [1.807, 2.05) is 36.4 Å². The van der Waals surface area contributed by atoms with E-state index < -0.39 is 0 Å². The first-order valence-electron chi connectivity index (χ1n) is 14.5. The minimum Gasteiger partial charge on any atom is -0.507 e. The topological polar surface area (TPSA) is 23.2 Å². The van der Waals surface area contributed by atoms with E-state index in [0.29, 0.717) is 11.7 Å². The van der Waals surface area contributed by atoms with Crippen molar-refractivity contribution in [1.29, 1.82) is 0 Å². The van der Waals surface area contributed by atoms with Gasteiger partial charge in [0.25, 0.3) is 0 Å². The zero-order chi connectivity index (χ0) is 26.9. The fourth-order valence-electron chi connectivity index (χ4n) is 6.95. The monoisotopic (exact) mass is 520 g/mol. The summed E-state index contributed by atoms with van der Waals surface area (Å²) in [5.74, 6) is 0.802. The summed E-state index contributed by atoms with van der Waals surface area (Å²) in [5, 5.41) is 11.7. The number of hydrogen-bond acceptors (Lipinski definition) is 1. The van der Waals surface area contributed by atoms with Gasteiger partial charge in [0.2, 0.25) is 0 Å². The first-order valence-corrected chi connectivity index (χ1v) is 14.5. The Kier molecular flexibility index (Phi) is 6.53. The van der Waals surface area contributed by atoms with Gasteiger partial charge in [-0.1, -0.05) is 109 Å². The van der Waals surface area contributed by atoms with Gasteiger partial charge in [-0.25, -0.2) is 4.58 Å². The van der Waals surface area contributed by atoms with Gasteiger partial charge in [-0.15, -0.1) is 0 Å². The van der Waals surface area contributed by atoms with Gasteiger partial charge in [0.1, 0.15) is 18.8 Å². The molecule has 5 aromatic carbocycles. The third-order valence-corrected chi connectivity index (χ3v) is 8.75. The molecule has 2 heteroatoms. The second-order valence-electron chi connectivity index (χ2n) is 11.1. The molecular weight excluding hydrogens is 486 g/mol. The summed E-state index contributed by atoms with van der Waals surface area (Å²) in [5.41, 5.74) is 10.8. The standard InChI is InChI=1S/C38H33NO/c40-38-33(27-14-4-1-5-15-27)25-31(26-34(38)28-16-6-2-7-17-28)36(29-18-8-3-9-19-29)35-24-30-20-10-11-21-32(30)37(35)39-22-12-13-23-39/h1-11,14-21,25-26,35-36H,12-13,22-24H2/p+1. The van der Waals surface area contributed by atoms with Gasteiger partial charge in [0, 0.05) is 35.4 Å². The Bertz CT molecular complexity index is 1600. The van der Waals surface area contributed by atoms with Crippen molar-refractivity contribution < 1.29 is 9.68 Å². The molecule has 1 aliphatic carbocycles. The maximum Gasteiger partial charge on any atom is 0.187 e. The number of rotatable bonds is 5. The number of fused-ring (bicyclic) bond motifs is 1. The Labute approximate surface area is 236 Å². The number of hydrogen-bond donors (Lipinski definition) is 1. The van der Waals surface area contributed by atoms with Gasteiger partial charge in [-0.05, 0) is 52.4 Å². The Morgan fingerprint density at radius 1 is 0.575 bits per heavy atom. The molecule has 0 spiro atoms. The second kappa shape index (κ2) is 10.6. The number of nitrogens with zero attached hydrogens (tertiary/aromatic N) is 1. The van der Waals surface area contributed by atoms with Crippen molar-refractivity contribution in [3.05, 3.63) is 150 Å². The van der Waals surface area contributed by atoms with Crippen LogP contribution in [0.4, 0.5) is 0 Å². The molecule has 0 saturated carbocycles. The molecule has 1 saturated heterocycles. The van der Waals surface area contributed by atoms with Crippen LogP contribution in [0.15, 0.2) is 127 Å². The Morgan fingerprint density at radius 2 is 1.10 bits per heavy atom. The molecule has 5 aromatic rings. The molecule has 2 nitrogen and oxygen atoms in total. The highest BCUT2D eigenvalue weighted by atomic mass is 16.3. The summed E-state index contributed by atoms with van der Waals surface area (Å²) < 4.78 is 2.66. The highest BCUT2D eigenvalue weighted by Crippen LogP contribution is 2.46. The lowest BCUT2D eigenvalue weighted by Gasteiger charge is -2.26. The molecule has 1 N–H and O–H groups in total. The van der Waals surface area contributed by atoms with E-state index in [1.165, 1.54) is 40.8 Å².